The van der Waals surface area contributed by atoms with E-state index in [0.717, 1.165) is 0 Å². The number of rotatable bonds is 1. The minimum absolute atomic E-state index is 0.0547. The van der Waals surface area contributed by atoms with Gasteiger partial charge in [0.15, 0.2) is 5.79 Å². The molecule has 0 radical (unpaired) electrons. The van der Waals surface area contributed by atoms with Crippen LogP contribution in [0.25, 0.3) is 0 Å². The Morgan fingerprint density at radius 2 is 1.90 bits per heavy atom. The molecule has 2 aliphatic heterocycles. The minimum atomic E-state index is -0.477. The van der Waals surface area contributed by atoms with Crippen LogP contribution in [0.5, 0.6) is 0 Å². The van der Waals surface area contributed by atoms with E-state index >= 15 is 0 Å². The SMILES string of the molecule is Cc1cc(C(=O)N2CCC3(CC2)OCCO3)ccc1F. The summed E-state index contributed by atoms with van der Waals surface area (Å²) in [5, 5.41) is 0. The van der Waals surface area contributed by atoms with Gasteiger partial charge in [-0.2, -0.15) is 0 Å². The Balaban J connectivity index is 1.68. The summed E-state index contributed by atoms with van der Waals surface area (Å²) in [6, 6.07) is 4.49. The Morgan fingerprint density at radius 1 is 1.25 bits per heavy atom. The number of nitrogens with zero attached hydrogens (tertiary/aromatic N) is 1. The maximum absolute atomic E-state index is 13.2. The molecule has 2 aliphatic rings. The summed E-state index contributed by atoms with van der Waals surface area (Å²) in [5.41, 5.74) is 1.03. The molecular weight excluding hydrogens is 261 g/mol. The van der Waals surface area contributed by atoms with Crippen LogP contribution in [0.4, 0.5) is 4.39 Å². The Bertz CT molecular complexity index is 516. The lowest BCUT2D eigenvalue weighted by molar-refractivity contribution is -0.181. The fourth-order valence-corrected chi connectivity index (χ4v) is 2.80. The summed E-state index contributed by atoms with van der Waals surface area (Å²) in [7, 11) is 0. The molecule has 108 valence electrons. The van der Waals surface area contributed by atoms with Gasteiger partial charge in [0.1, 0.15) is 5.82 Å². The van der Waals surface area contributed by atoms with Gasteiger partial charge >= 0.3 is 0 Å². The van der Waals surface area contributed by atoms with Gasteiger partial charge in [-0.25, -0.2) is 4.39 Å². The Morgan fingerprint density at radius 3 is 2.50 bits per heavy atom. The second kappa shape index (κ2) is 5.14. The summed E-state index contributed by atoms with van der Waals surface area (Å²) < 4.78 is 24.5. The van der Waals surface area contributed by atoms with Gasteiger partial charge in [0.05, 0.1) is 13.2 Å². The number of benzene rings is 1. The molecule has 0 bridgehead atoms. The number of carbonyl (C=O) groups is 1. The smallest absolute Gasteiger partial charge is 0.253 e. The number of carbonyl (C=O) groups excluding carboxylic acids is 1. The van der Waals surface area contributed by atoms with Crippen LogP contribution in [-0.4, -0.2) is 42.9 Å². The van der Waals surface area contributed by atoms with Crippen LogP contribution < -0.4 is 0 Å². The highest BCUT2D eigenvalue weighted by atomic mass is 19.1. The van der Waals surface area contributed by atoms with Crippen LogP contribution in [0.2, 0.25) is 0 Å². The molecule has 0 N–H and O–H groups in total. The fourth-order valence-electron chi connectivity index (χ4n) is 2.80. The van der Waals surface area contributed by atoms with Crippen molar-refractivity contribution in [1.29, 1.82) is 0 Å². The van der Waals surface area contributed by atoms with Crippen molar-refractivity contribution in [2.75, 3.05) is 26.3 Å². The molecule has 0 atom stereocenters. The van der Waals surface area contributed by atoms with Crippen molar-refractivity contribution in [2.24, 2.45) is 0 Å². The van der Waals surface area contributed by atoms with Crippen LogP contribution in [0.1, 0.15) is 28.8 Å². The zero-order valence-electron chi connectivity index (χ0n) is 11.5. The van der Waals surface area contributed by atoms with Crippen molar-refractivity contribution >= 4 is 5.91 Å². The summed E-state index contributed by atoms with van der Waals surface area (Å²) in [5.74, 6) is -0.817. The number of hydrogen-bond donors (Lipinski definition) is 0. The lowest BCUT2D eigenvalue weighted by Gasteiger charge is -2.37. The van der Waals surface area contributed by atoms with Gasteiger partial charge in [0, 0.05) is 31.5 Å². The molecule has 2 saturated heterocycles. The van der Waals surface area contributed by atoms with Crippen molar-refractivity contribution < 1.29 is 18.7 Å². The van der Waals surface area contributed by atoms with Crippen LogP contribution in [-0.2, 0) is 9.47 Å². The molecule has 1 amide bonds. The molecule has 4 nitrogen and oxygen atoms in total. The van der Waals surface area contributed by atoms with Crippen molar-refractivity contribution in [3.63, 3.8) is 0 Å². The average molecular weight is 279 g/mol. The number of amides is 1. The highest BCUT2D eigenvalue weighted by Crippen LogP contribution is 2.31. The van der Waals surface area contributed by atoms with Gasteiger partial charge in [-0.1, -0.05) is 0 Å². The number of aryl methyl sites for hydroxylation is 1. The normalized spacial score (nSPS) is 21.4. The fraction of sp³-hybridized carbons (Fsp3) is 0.533. The molecule has 2 fully saturated rings. The predicted molar refractivity (Wildman–Crippen MR) is 70.9 cm³/mol. The molecule has 2 heterocycles. The minimum Gasteiger partial charge on any atom is -0.347 e. The average Bonchev–Trinajstić information content (AvgIpc) is 2.90. The number of halogens is 1. The standard InChI is InChI=1S/C15H18FNO3/c1-11-10-12(2-3-13(11)16)14(18)17-6-4-15(5-7-17)19-8-9-20-15/h2-3,10H,4-9H2,1H3. The van der Waals surface area contributed by atoms with E-state index < -0.39 is 5.79 Å². The first kappa shape index (κ1) is 13.5. The molecule has 0 aromatic heterocycles. The van der Waals surface area contributed by atoms with Crippen LogP contribution in [0.15, 0.2) is 18.2 Å². The zero-order chi connectivity index (χ0) is 14.2. The number of likely N-dealkylation sites (tertiary alicyclic amines) is 1. The number of piperidine rings is 1. The van der Waals surface area contributed by atoms with E-state index in [9.17, 15) is 9.18 Å². The van der Waals surface area contributed by atoms with Crippen molar-refractivity contribution in [1.82, 2.24) is 4.90 Å². The van der Waals surface area contributed by atoms with Gasteiger partial charge in [0.25, 0.3) is 5.91 Å². The summed E-state index contributed by atoms with van der Waals surface area (Å²) >= 11 is 0. The van der Waals surface area contributed by atoms with Crippen molar-refractivity contribution in [3.05, 3.63) is 35.1 Å². The van der Waals surface area contributed by atoms with Crippen LogP contribution >= 0.6 is 0 Å². The van der Waals surface area contributed by atoms with Gasteiger partial charge in [0.2, 0.25) is 0 Å². The van der Waals surface area contributed by atoms with E-state index in [2.05, 4.69) is 0 Å². The molecule has 0 saturated carbocycles. The van der Waals surface area contributed by atoms with Gasteiger partial charge < -0.3 is 14.4 Å². The largest absolute Gasteiger partial charge is 0.347 e. The highest BCUT2D eigenvalue weighted by Gasteiger charge is 2.40. The first-order valence-corrected chi connectivity index (χ1v) is 6.93. The van der Waals surface area contributed by atoms with Crippen LogP contribution in [0.3, 0.4) is 0 Å². The number of ether oxygens (including phenoxy) is 2. The summed E-state index contributed by atoms with van der Waals surface area (Å²) in [4.78, 5) is 14.2. The topological polar surface area (TPSA) is 38.8 Å². The van der Waals surface area contributed by atoms with Crippen molar-refractivity contribution in [2.45, 2.75) is 25.6 Å². The second-order valence-corrected chi connectivity index (χ2v) is 5.36. The zero-order valence-corrected chi connectivity index (χ0v) is 11.5. The maximum Gasteiger partial charge on any atom is 0.253 e. The summed E-state index contributed by atoms with van der Waals surface area (Å²) in [6.45, 7) is 4.14. The van der Waals surface area contributed by atoms with Gasteiger partial charge in [-0.3, -0.25) is 4.79 Å². The monoisotopic (exact) mass is 279 g/mol. The Kier molecular flexibility index (Phi) is 3.48. The van der Waals surface area contributed by atoms with Gasteiger partial charge in [-0.15, -0.1) is 0 Å². The molecule has 1 spiro atoms. The molecular formula is C15H18FNO3. The molecule has 20 heavy (non-hydrogen) atoms. The van der Waals surface area contributed by atoms with E-state index in [4.69, 9.17) is 9.47 Å². The van der Waals surface area contributed by atoms with Gasteiger partial charge in [-0.05, 0) is 30.7 Å². The third-order valence-corrected chi connectivity index (χ3v) is 4.03. The third-order valence-electron chi connectivity index (χ3n) is 4.03. The molecule has 1 aromatic rings. The quantitative estimate of drug-likeness (QED) is 0.790. The van der Waals surface area contributed by atoms with E-state index in [0.29, 0.717) is 50.3 Å². The van der Waals surface area contributed by atoms with E-state index in [1.54, 1.807) is 17.9 Å². The molecule has 1 aromatic carbocycles. The second-order valence-electron chi connectivity index (χ2n) is 5.36. The molecule has 0 unspecified atom stereocenters. The Hall–Kier alpha value is -1.46. The van der Waals surface area contributed by atoms with E-state index in [1.165, 1.54) is 12.1 Å². The molecule has 3 rings (SSSR count). The maximum atomic E-state index is 13.2. The predicted octanol–water partition coefficient (Wildman–Crippen LogP) is 2.11. The highest BCUT2D eigenvalue weighted by molar-refractivity contribution is 5.94. The number of hydrogen-bond acceptors (Lipinski definition) is 3. The first-order chi connectivity index (χ1) is 9.60. The lowest BCUT2D eigenvalue weighted by Crippen LogP contribution is -2.47. The molecule has 5 heteroatoms. The van der Waals surface area contributed by atoms with Crippen molar-refractivity contribution in [3.8, 4) is 0 Å². The lowest BCUT2D eigenvalue weighted by atomic mass is 10.0. The van der Waals surface area contributed by atoms with E-state index in [-0.39, 0.29) is 11.7 Å². The third kappa shape index (κ3) is 2.43. The summed E-state index contributed by atoms with van der Waals surface area (Å²) in [6.07, 6.45) is 1.39. The van der Waals surface area contributed by atoms with Crippen LogP contribution in [0, 0.1) is 12.7 Å². The molecule has 0 aliphatic carbocycles. The van der Waals surface area contributed by atoms with E-state index in [1.807, 2.05) is 0 Å². The Labute approximate surface area is 117 Å². The first-order valence-electron chi connectivity index (χ1n) is 6.93.